The molecule has 1 aromatic heterocycles. The molecule has 0 aliphatic carbocycles. The van der Waals surface area contributed by atoms with Gasteiger partial charge < -0.3 is 10.6 Å². The molecule has 3 aromatic rings. The minimum atomic E-state index is -0.105. The summed E-state index contributed by atoms with van der Waals surface area (Å²) >= 11 is 11.4. The van der Waals surface area contributed by atoms with Crippen molar-refractivity contribution in [2.45, 2.75) is 6.42 Å². The molecule has 31 heavy (non-hydrogen) atoms. The van der Waals surface area contributed by atoms with E-state index in [2.05, 4.69) is 15.6 Å². The number of allylic oxidation sites excluding steroid dienone is 2. The Morgan fingerprint density at radius 2 is 2.00 bits per heavy atom. The zero-order valence-corrected chi connectivity index (χ0v) is 18.3. The maximum Gasteiger partial charge on any atom is 0.276 e. The van der Waals surface area contributed by atoms with Crippen molar-refractivity contribution in [1.82, 2.24) is 15.2 Å². The van der Waals surface area contributed by atoms with Crippen molar-refractivity contribution in [3.05, 3.63) is 89.2 Å². The molecule has 0 saturated carbocycles. The topological polar surface area (TPSA) is 57.3 Å². The molecule has 1 aliphatic rings. The average Bonchev–Trinajstić information content (AvgIpc) is 3.04. The number of aromatic nitrogens is 1. The van der Waals surface area contributed by atoms with E-state index in [0.717, 1.165) is 28.6 Å². The van der Waals surface area contributed by atoms with Crippen LogP contribution in [0.3, 0.4) is 0 Å². The van der Waals surface area contributed by atoms with E-state index in [0.29, 0.717) is 28.9 Å². The predicted octanol–water partition coefficient (Wildman–Crippen LogP) is 5.00. The van der Waals surface area contributed by atoms with Gasteiger partial charge in [0, 0.05) is 35.4 Å². The molecular weight excluding hydrogens is 428 g/mol. The van der Waals surface area contributed by atoms with Crippen LogP contribution in [0.25, 0.3) is 17.0 Å². The molecule has 4 rings (SSSR count). The van der Waals surface area contributed by atoms with Crippen molar-refractivity contribution in [3.8, 4) is 0 Å². The van der Waals surface area contributed by atoms with Crippen LogP contribution >= 0.6 is 23.8 Å². The van der Waals surface area contributed by atoms with Crippen LogP contribution in [0.15, 0.2) is 78.6 Å². The van der Waals surface area contributed by atoms with E-state index in [1.807, 2.05) is 66.7 Å². The lowest BCUT2D eigenvalue weighted by atomic mass is 10.2. The van der Waals surface area contributed by atoms with E-state index < -0.39 is 0 Å². The molecule has 1 saturated heterocycles. The summed E-state index contributed by atoms with van der Waals surface area (Å²) in [6.45, 7) is 1.23. The second-order valence-corrected chi connectivity index (χ2v) is 7.86. The van der Waals surface area contributed by atoms with Crippen LogP contribution in [-0.2, 0) is 4.79 Å². The van der Waals surface area contributed by atoms with Gasteiger partial charge in [0.15, 0.2) is 5.11 Å². The number of amides is 1. The molecule has 2 aromatic carbocycles. The predicted molar refractivity (Wildman–Crippen MR) is 131 cm³/mol. The average molecular weight is 449 g/mol. The van der Waals surface area contributed by atoms with Gasteiger partial charge in [-0.1, -0.05) is 54.1 Å². The third-order valence-corrected chi connectivity index (χ3v) is 5.45. The number of anilines is 1. The van der Waals surface area contributed by atoms with E-state index in [9.17, 15) is 4.79 Å². The maximum absolute atomic E-state index is 12.7. The van der Waals surface area contributed by atoms with E-state index in [-0.39, 0.29) is 5.91 Å². The third-order valence-electron chi connectivity index (χ3n) is 4.89. The zero-order chi connectivity index (χ0) is 21.6. The summed E-state index contributed by atoms with van der Waals surface area (Å²) in [5.74, 6) is -0.105. The molecule has 2 N–H and O–H groups in total. The van der Waals surface area contributed by atoms with Crippen molar-refractivity contribution in [3.63, 3.8) is 0 Å². The molecular formula is C24H21ClN4OS. The molecule has 0 radical (unpaired) electrons. The molecule has 1 fully saturated rings. The van der Waals surface area contributed by atoms with Gasteiger partial charge in [0.25, 0.3) is 5.91 Å². The smallest absolute Gasteiger partial charge is 0.276 e. The Morgan fingerprint density at radius 1 is 1.16 bits per heavy atom. The highest BCUT2D eigenvalue weighted by atomic mass is 35.5. The quantitative estimate of drug-likeness (QED) is 0.302. The summed E-state index contributed by atoms with van der Waals surface area (Å²) in [5.41, 5.74) is 3.39. The minimum absolute atomic E-state index is 0.105. The van der Waals surface area contributed by atoms with Gasteiger partial charge in [-0.2, -0.15) is 0 Å². The number of pyridine rings is 1. The van der Waals surface area contributed by atoms with Crippen LogP contribution in [0.4, 0.5) is 5.69 Å². The lowest BCUT2D eigenvalue weighted by molar-refractivity contribution is -0.122. The molecule has 156 valence electrons. The standard InChI is InChI=1S/C24H21ClN4OS/c25-18-10-11-19-20(12-14-27-22(19)16-18)26-13-5-15-29-23(30)21(28-24(29)31)9-4-8-17-6-2-1-3-7-17/h1-4,6-12,14,16H,5,13,15H2,(H,26,27)(H,28,31)/b8-4+,21-9-. The van der Waals surface area contributed by atoms with Crippen LogP contribution in [0.1, 0.15) is 12.0 Å². The van der Waals surface area contributed by atoms with E-state index in [1.54, 1.807) is 17.2 Å². The Bertz CT molecular complexity index is 1180. The van der Waals surface area contributed by atoms with Crippen LogP contribution in [-0.4, -0.2) is 34.0 Å². The first kappa shape index (κ1) is 21.0. The van der Waals surface area contributed by atoms with Crippen molar-refractivity contribution in [2.24, 2.45) is 0 Å². The molecule has 7 heteroatoms. The van der Waals surface area contributed by atoms with Crippen LogP contribution in [0, 0.1) is 0 Å². The van der Waals surface area contributed by atoms with Gasteiger partial charge in [-0.3, -0.25) is 14.7 Å². The first-order valence-electron chi connectivity index (χ1n) is 9.96. The molecule has 2 heterocycles. The van der Waals surface area contributed by atoms with Gasteiger partial charge in [-0.15, -0.1) is 0 Å². The second kappa shape index (κ2) is 9.73. The minimum Gasteiger partial charge on any atom is -0.384 e. The molecule has 0 unspecified atom stereocenters. The molecule has 5 nitrogen and oxygen atoms in total. The van der Waals surface area contributed by atoms with Gasteiger partial charge in [-0.25, -0.2) is 0 Å². The van der Waals surface area contributed by atoms with E-state index in [1.165, 1.54) is 0 Å². The maximum atomic E-state index is 12.7. The Balaban J connectivity index is 1.32. The van der Waals surface area contributed by atoms with Crippen molar-refractivity contribution in [2.75, 3.05) is 18.4 Å². The number of thiocarbonyl (C=S) groups is 1. The number of nitrogens with zero attached hydrogens (tertiary/aromatic N) is 2. The fourth-order valence-electron chi connectivity index (χ4n) is 3.35. The van der Waals surface area contributed by atoms with Crippen LogP contribution in [0.5, 0.6) is 0 Å². The van der Waals surface area contributed by atoms with Gasteiger partial charge in [0.05, 0.1) is 5.52 Å². The largest absolute Gasteiger partial charge is 0.384 e. The van der Waals surface area contributed by atoms with Gasteiger partial charge in [0.1, 0.15) is 5.70 Å². The highest BCUT2D eigenvalue weighted by molar-refractivity contribution is 7.80. The number of hydrogen-bond acceptors (Lipinski definition) is 4. The van der Waals surface area contributed by atoms with Crippen LogP contribution in [0.2, 0.25) is 5.02 Å². The van der Waals surface area contributed by atoms with Crippen molar-refractivity contribution < 1.29 is 4.79 Å². The molecule has 0 bridgehead atoms. The van der Waals surface area contributed by atoms with Gasteiger partial charge >= 0.3 is 0 Å². The van der Waals surface area contributed by atoms with Gasteiger partial charge in [0.2, 0.25) is 0 Å². The Hall–Kier alpha value is -3.22. The third kappa shape index (κ3) is 5.10. The molecule has 1 aliphatic heterocycles. The lowest BCUT2D eigenvalue weighted by Crippen LogP contribution is -2.32. The van der Waals surface area contributed by atoms with Crippen molar-refractivity contribution in [1.29, 1.82) is 0 Å². The summed E-state index contributed by atoms with van der Waals surface area (Å²) in [5, 5.41) is 8.53. The highest BCUT2D eigenvalue weighted by Crippen LogP contribution is 2.24. The van der Waals surface area contributed by atoms with E-state index >= 15 is 0 Å². The molecule has 1 amide bonds. The number of carbonyl (C=O) groups excluding carboxylic acids is 1. The number of nitrogens with one attached hydrogen (secondary N) is 2. The monoisotopic (exact) mass is 448 g/mol. The number of carbonyl (C=O) groups is 1. The summed E-state index contributed by atoms with van der Waals surface area (Å²) in [4.78, 5) is 18.6. The normalized spacial score (nSPS) is 15.3. The Kier molecular flexibility index (Phi) is 6.60. The second-order valence-electron chi connectivity index (χ2n) is 7.04. The zero-order valence-electron chi connectivity index (χ0n) is 16.7. The number of hydrogen-bond donors (Lipinski definition) is 2. The Morgan fingerprint density at radius 3 is 2.84 bits per heavy atom. The fourth-order valence-corrected chi connectivity index (χ4v) is 3.80. The lowest BCUT2D eigenvalue weighted by Gasteiger charge is -2.15. The van der Waals surface area contributed by atoms with E-state index in [4.69, 9.17) is 23.8 Å². The number of benzene rings is 2. The molecule has 0 spiro atoms. The van der Waals surface area contributed by atoms with Crippen molar-refractivity contribution >= 4 is 57.5 Å². The SMILES string of the molecule is O=C1/C(=C/C=C/c2ccccc2)NC(=S)N1CCCNc1ccnc2cc(Cl)ccc12. The summed E-state index contributed by atoms with van der Waals surface area (Å²) < 4.78 is 0. The number of rotatable bonds is 7. The first-order chi connectivity index (χ1) is 15.1. The highest BCUT2D eigenvalue weighted by Gasteiger charge is 2.29. The number of halogens is 1. The Labute approximate surface area is 191 Å². The summed E-state index contributed by atoms with van der Waals surface area (Å²) in [6.07, 6.45) is 8.06. The first-order valence-corrected chi connectivity index (χ1v) is 10.7. The summed E-state index contributed by atoms with van der Waals surface area (Å²) in [6, 6.07) is 17.5. The fraction of sp³-hybridized carbons (Fsp3) is 0.125. The van der Waals surface area contributed by atoms with Gasteiger partial charge in [-0.05, 0) is 54.5 Å². The molecule has 0 atom stereocenters. The summed E-state index contributed by atoms with van der Waals surface area (Å²) in [7, 11) is 0. The number of fused-ring (bicyclic) bond motifs is 1. The van der Waals surface area contributed by atoms with Crippen LogP contribution < -0.4 is 10.6 Å².